The predicted molar refractivity (Wildman–Crippen MR) is 91.1 cm³/mol. The van der Waals surface area contributed by atoms with Crippen molar-refractivity contribution < 1.29 is 23.9 Å². The van der Waals surface area contributed by atoms with Crippen LogP contribution in [0.1, 0.15) is 37.6 Å². The van der Waals surface area contributed by atoms with Crippen LogP contribution in [0.5, 0.6) is 0 Å². The van der Waals surface area contributed by atoms with Gasteiger partial charge in [0.05, 0.1) is 29.6 Å². The van der Waals surface area contributed by atoms with E-state index >= 15 is 0 Å². The highest BCUT2D eigenvalue weighted by molar-refractivity contribution is 6.28. The zero-order valence-electron chi connectivity index (χ0n) is 14.5. The second-order valence-electron chi connectivity index (χ2n) is 6.70. The van der Waals surface area contributed by atoms with Crippen molar-refractivity contribution in [2.24, 2.45) is 5.92 Å². The van der Waals surface area contributed by atoms with Crippen LogP contribution in [0.3, 0.4) is 0 Å². The summed E-state index contributed by atoms with van der Waals surface area (Å²) in [4.78, 5) is 36.4. The molecule has 0 N–H and O–H groups in total. The zero-order valence-corrected chi connectivity index (χ0v) is 14.5. The van der Waals surface area contributed by atoms with Crippen molar-refractivity contribution in [3.63, 3.8) is 0 Å². The third-order valence-electron chi connectivity index (χ3n) is 5.12. The van der Waals surface area contributed by atoms with E-state index in [0.717, 1.165) is 4.90 Å². The second kappa shape index (κ2) is 6.44. The number of rotatable bonds is 5. The Bertz CT molecular complexity index is 721. The predicted octanol–water partition coefficient (Wildman–Crippen LogP) is 2.48. The van der Waals surface area contributed by atoms with Gasteiger partial charge < -0.3 is 9.47 Å². The molecule has 0 aliphatic carbocycles. The summed E-state index contributed by atoms with van der Waals surface area (Å²) in [5, 5.41) is 0. The fraction of sp³-hybridized carbons (Fsp3) is 0.421. The molecule has 6 nitrogen and oxygen atoms in total. The maximum Gasteiger partial charge on any atom is 0.338 e. The molecule has 0 aromatic heterocycles. The molecule has 132 valence electrons. The molecule has 2 aliphatic rings. The first-order valence-corrected chi connectivity index (χ1v) is 8.33. The van der Waals surface area contributed by atoms with Gasteiger partial charge in [-0.25, -0.2) is 9.69 Å². The van der Waals surface area contributed by atoms with Crippen LogP contribution in [-0.4, -0.2) is 36.1 Å². The lowest BCUT2D eigenvalue weighted by Gasteiger charge is -2.50. The van der Waals surface area contributed by atoms with Crippen LogP contribution >= 0.6 is 0 Å². The van der Waals surface area contributed by atoms with Crippen molar-refractivity contribution in [1.82, 2.24) is 0 Å². The van der Waals surface area contributed by atoms with Gasteiger partial charge in [0.1, 0.15) is 0 Å². The topological polar surface area (TPSA) is 72.9 Å². The van der Waals surface area contributed by atoms with Crippen molar-refractivity contribution in [2.45, 2.75) is 38.9 Å². The van der Waals surface area contributed by atoms with E-state index in [-0.39, 0.29) is 18.3 Å². The van der Waals surface area contributed by atoms with Crippen LogP contribution in [0.15, 0.2) is 36.4 Å². The van der Waals surface area contributed by atoms with E-state index in [1.807, 2.05) is 13.8 Å². The summed E-state index contributed by atoms with van der Waals surface area (Å²) < 4.78 is 11.1. The standard InChI is InChI=1S/C19H21NO5/c1-12-13(2)25-19(12,3)10-11-24-18(23)14-4-6-15(7-5-14)20-16(21)8-9-17(20)22/h4-9,12-13H,10-11H2,1-3H3. The smallest absolute Gasteiger partial charge is 0.338 e. The lowest BCUT2D eigenvalue weighted by Crippen LogP contribution is -2.56. The molecule has 3 unspecified atom stereocenters. The van der Waals surface area contributed by atoms with Crippen molar-refractivity contribution >= 4 is 23.5 Å². The molecule has 2 aliphatic heterocycles. The molecule has 6 heteroatoms. The van der Waals surface area contributed by atoms with Gasteiger partial charge in [-0.2, -0.15) is 0 Å². The second-order valence-corrected chi connectivity index (χ2v) is 6.70. The minimum absolute atomic E-state index is 0.235. The molecule has 1 aromatic carbocycles. The van der Waals surface area contributed by atoms with Gasteiger partial charge in [-0.05, 0) is 38.1 Å². The molecule has 0 saturated carbocycles. The zero-order chi connectivity index (χ0) is 18.2. The van der Waals surface area contributed by atoms with Crippen LogP contribution in [0.25, 0.3) is 0 Å². The van der Waals surface area contributed by atoms with Gasteiger partial charge >= 0.3 is 5.97 Å². The number of hydrogen-bond acceptors (Lipinski definition) is 5. The molecule has 1 aromatic rings. The van der Waals surface area contributed by atoms with Gasteiger partial charge in [0.15, 0.2) is 0 Å². The third kappa shape index (κ3) is 3.22. The number of anilines is 1. The molecule has 2 heterocycles. The summed E-state index contributed by atoms with van der Waals surface area (Å²) >= 11 is 0. The molecule has 1 fully saturated rings. The molecule has 3 atom stereocenters. The van der Waals surface area contributed by atoms with Gasteiger partial charge in [-0.1, -0.05) is 6.92 Å². The van der Waals surface area contributed by atoms with E-state index in [9.17, 15) is 14.4 Å². The molecule has 0 bridgehead atoms. The Balaban J connectivity index is 1.55. The normalized spacial score (nSPS) is 28.2. The Morgan fingerprint density at radius 1 is 1.16 bits per heavy atom. The number of amides is 2. The molecular formula is C19H21NO5. The number of carbonyl (C=O) groups excluding carboxylic acids is 3. The highest BCUT2D eigenvalue weighted by Crippen LogP contribution is 2.40. The Morgan fingerprint density at radius 3 is 2.28 bits per heavy atom. The van der Waals surface area contributed by atoms with E-state index < -0.39 is 17.8 Å². The number of nitrogens with zero attached hydrogens (tertiary/aromatic N) is 1. The first-order valence-electron chi connectivity index (χ1n) is 8.33. The quantitative estimate of drug-likeness (QED) is 0.607. The molecular weight excluding hydrogens is 322 g/mol. The first kappa shape index (κ1) is 17.4. The van der Waals surface area contributed by atoms with E-state index in [4.69, 9.17) is 9.47 Å². The number of benzene rings is 1. The maximum atomic E-state index is 12.1. The van der Waals surface area contributed by atoms with Crippen molar-refractivity contribution in [3.8, 4) is 0 Å². The van der Waals surface area contributed by atoms with Crippen molar-refractivity contribution in [1.29, 1.82) is 0 Å². The Kier molecular flexibility index (Phi) is 4.47. The van der Waals surface area contributed by atoms with E-state index in [0.29, 0.717) is 23.6 Å². The summed E-state index contributed by atoms with van der Waals surface area (Å²) in [6, 6.07) is 6.20. The highest BCUT2D eigenvalue weighted by atomic mass is 16.5. The Morgan fingerprint density at radius 2 is 1.76 bits per heavy atom. The van der Waals surface area contributed by atoms with Gasteiger partial charge in [0.25, 0.3) is 11.8 Å². The minimum atomic E-state index is -0.438. The summed E-state index contributed by atoms with van der Waals surface area (Å²) in [6.45, 7) is 6.47. The maximum absolute atomic E-state index is 12.1. The van der Waals surface area contributed by atoms with Gasteiger partial charge in [0, 0.05) is 24.5 Å². The Hall–Kier alpha value is -2.47. The number of carbonyl (C=O) groups is 3. The molecule has 0 spiro atoms. The summed E-state index contributed by atoms with van der Waals surface area (Å²) in [7, 11) is 0. The summed E-state index contributed by atoms with van der Waals surface area (Å²) in [5.41, 5.74) is 0.555. The van der Waals surface area contributed by atoms with Gasteiger partial charge in [-0.3, -0.25) is 9.59 Å². The molecule has 2 amide bonds. The fourth-order valence-electron chi connectivity index (χ4n) is 3.18. The number of ether oxygens (including phenoxy) is 2. The summed E-state index contributed by atoms with van der Waals surface area (Å²) in [5.74, 6) is -0.795. The molecule has 25 heavy (non-hydrogen) atoms. The highest BCUT2D eigenvalue weighted by Gasteiger charge is 2.46. The number of esters is 1. The van der Waals surface area contributed by atoms with Crippen LogP contribution in [0.2, 0.25) is 0 Å². The van der Waals surface area contributed by atoms with Gasteiger partial charge in [0.2, 0.25) is 0 Å². The SMILES string of the molecule is CC1OC(C)(CCOC(=O)c2ccc(N3C(=O)C=CC3=O)cc2)C1C. The third-order valence-corrected chi connectivity index (χ3v) is 5.12. The number of hydrogen-bond donors (Lipinski definition) is 0. The van der Waals surface area contributed by atoms with E-state index in [1.54, 1.807) is 24.3 Å². The van der Waals surface area contributed by atoms with Crippen LogP contribution in [0, 0.1) is 5.92 Å². The van der Waals surface area contributed by atoms with Crippen LogP contribution < -0.4 is 4.90 Å². The number of imide groups is 1. The van der Waals surface area contributed by atoms with Crippen molar-refractivity contribution in [3.05, 3.63) is 42.0 Å². The fourth-order valence-corrected chi connectivity index (χ4v) is 3.18. The van der Waals surface area contributed by atoms with Crippen molar-refractivity contribution in [2.75, 3.05) is 11.5 Å². The average Bonchev–Trinajstić information content (AvgIpc) is 2.93. The largest absolute Gasteiger partial charge is 0.462 e. The first-order chi connectivity index (χ1) is 11.8. The van der Waals surface area contributed by atoms with Crippen LogP contribution in [-0.2, 0) is 19.1 Å². The summed E-state index contributed by atoms with van der Waals surface area (Å²) in [6.07, 6.45) is 3.31. The molecule has 0 radical (unpaired) electrons. The van der Waals surface area contributed by atoms with E-state index in [2.05, 4.69) is 6.92 Å². The van der Waals surface area contributed by atoms with E-state index in [1.165, 1.54) is 12.2 Å². The molecule has 3 rings (SSSR count). The van der Waals surface area contributed by atoms with Crippen LogP contribution in [0.4, 0.5) is 5.69 Å². The van der Waals surface area contributed by atoms with Gasteiger partial charge in [-0.15, -0.1) is 0 Å². The molecule has 1 saturated heterocycles. The average molecular weight is 343 g/mol. The Labute approximate surface area is 146 Å². The monoisotopic (exact) mass is 343 g/mol. The lowest BCUT2D eigenvalue weighted by atomic mass is 9.78. The lowest BCUT2D eigenvalue weighted by molar-refractivity contribution is -0.242. The minimum Gasteiger partial charge on any atom is -0.462 e.